The van der Waals surface area contributed by atoms with E-state index in [-0.39, 0.29) is 6.42 Å². The molecule has 0 aliphatic heterocycles. The van der Waals surface area contributed by atoms with E-state index >= 15 is 0 Å². The van der Waals surface area contributed by atoms with Crippen molar-refractivity contribution in [2.75, 3.05) is 0 Å². The number of carbonyl (C=O) groups is 1. The Morgan fingerprint density at radius 2 is 1.79 bits per heavy atom. The number of halogens is 2. The first-order chi connectivity index (χ1) is 6.49. The van der Waals surface area contributed by atoms with Gasteiger partial charge >= 0.3 is 5.97 Å². The first-order valence-electron chi connectivity index (χ1n) is 3.85. The second kappa shape index (κ2) is 4.64. The molecule has 1 aromatic carbocycles. The van der Waals surface area contributed by atoms with Gasteiger partial charge < -0.3 is 10.2 Å². The highest BCUT2D eigenvalue weighted by atomic mass is 35.5. The highest BCUT2D eigenvalue weighted by Gasteiger charge is 2.12. The summed E-state index contributed by atoms with van der Waals surface area (Å²) in [4.78, 5) is 10.3. The minimum absolute atomic E-state index is 0.364. The van der Waals surface area contributed by atoms with Gasteiger partial charge in [0.1, 0.15) is 0 Å². The summed E-state index contributed by atoms with van der Waals surface area (Å²) in [6.07, 6.45) is -1.44. The monoisotopic (exact) mass is 234 g/mol. The molecule has 0 bridgehead atoms. The van der Waals surface area contributed by atoms with E-state index in [1.165, 1.54) is 18.2 Å². The van der Waals surface area contributed by atoms with Crippen molar-refractivity contribution < 1.29 is 15.0 Å². The highest BCUT2D eigenvalue weighted by molar-refractivity contribution is 6.34. The molecule has 1 aromatic rings. The number of aliphatic carboxylic acids is 1. The van der Waals surface area contributed by atoms with E-state index in [0.717, 1.165) is 0 Å². The normalized spacial score (nSPS) is 12.5. The van der Waals surface area contributed by atoms with Crippen LogP contribution in [0.1, 0.15) is 18.1 Å². The van der Waals surface area contributed by atoms with E-state index < -0.39 is 12.1 Å². The van der Waals surface area contributed by atoms with Gasteiger partial charge in [-0.1, -0.05) is 23.2 Å². The Hall–Kier alpha value is -0.770. The quantitative estimate of drug-likeness (QED) is 0.846. The fraction of sp³-hybridized carbons (Fsp3) is 0.222. The fourth-order valence-electron chi connectivity index (χ4n) is 1.05. The molecule has 0 aliphatic carbocycles. The highest BCUT2D eigenvalue weighted by Crippen LogP contribution is 2.24. The number of benzene rings is 1. The van der Waals surface area contributed by atoms with Crippen molar-refractivity contribution in [1.29, 1.82) is 0 Å². The van der Waals surface area contributed by atoms with E-state index in [2.05, 4.69) is 0 Å². The third kappa shape index (κ3) is 3.18. The van der Waals surface area contributed by atoms with Crippen LogP contribution in [0.5, 0.6) is 0 Å². The average molecular weight is 235 g/mol. The van der Waals surface area contributed by atoms with Crippen molar-refractivity contribution in [3.05, 3.63) is 33.8 Å². The Balaban J connectivity index is 2.89. The fourth-order valence-corrected chi connectivity index (χ4v) is 1.59. The van der Waals surface area contributed by atoms with Crippen LogP contribution in [0.25, 0.3) is 0 Å². The van der Waals surface area contributed by atoms with E-state index in [1.807, 2.05) is 0 Å². The van der Waals surface area contributed by atoms with Gasteiger partial charge in [0.2, 0.25) is 0 Å². The minimum Gasteiger partial charge on any atom is -0.481 e. The lowest BCUT2D eigenvalue weighted by Crippen LogP contribution is -2.05. The number of rotatable bonds is 3. The molecule has 14 heavy (non-hydrogen) atoms. The molecule has 0 aliphatic rings. The third-order valence-electron chi connectivity index (χ3n) is 1.64. The molecular formula is C9H8Cl2O3. The maximum atomic E-state index is 10.3. The van der Waals surface area contributed by atoms with Gasteiger partial charge in [-0.2, -0.15) is 0 Å². The molecule has 0 saturated heterocycles. The van der Waals surface area contributed by atoms with Gasteiger partial charge in [-0.3, -0.25) is 4.79 Å². The molecule has 5 heteroatoms. The summed E-state index contributed by atoms with van der Waals surface area (Å²) in [6, 6.07) is 4.49. The third-order valence-corrected chi connectivity index (χ3v) is 2.07. The van der Waals surface area contributed by atoms with Crippen LogP contribution < -0.4 is 0 Å². The Kier molecular flexibility index (Phi) is 3.75. The summed E-state index contributed by atoms with van der Waals surface area (Å²) in [5, 5.41) is 18.6. The van der Waals surface area contributed by atoms with Crippen molar-refractivity contribution >= 4 is 29.2 Å². The van der Waals surface area contributed by atoms with Crippen molar-refractivity contribution in [1.82, 2.24) is 0 Å². The zero-order valence-corrected chi connectivity index (χ0v) is 8.59. The molecule has 76 valence electrons. The van der Waals surface area contributed by atoms with Crippen molar-refractivity contribution in [2.24, 2.45) is 0 Å². The largest absolute Gasteiger partial charge is 0.481 e. The van der Waals surface area contributed by atoms with Crippen LogP contribution in [0.2, 0.25) is 10.0 Å². The molecule has 0 radical (unpaired) electrons. The van der Waals surface area contributed by atoms with Crippen molar-refractivity contribution in [3.8, 4) is 0 Å². The average Bonchev–Trinajstić information content (AvgIpc) is 2.00. The van der Waals surface area contributed by atoms with Gasteiger partial charge in [0, 0.05) is 10.0 Å². The molecule has 0 aromatic heterocycles. The topological polar surface area (TPSA) is 57.5 Å². The van der Waals surface area contributed by atoms with Gasteiger partial charge in [0.05, 0.1) is 12.5 Å². The van der Waals surface area contributed by atoms with Gasteiger partial charge in [-0.25, -0.2) is 0 Å². The molecule has 0 fully saturated rings. The molecule has 1 rings (SSSR count). The maximum absolute atomic E-state index is 10.3. The Morgan fingerprint density at radius 1 is 1.29 bits per heavy atom. The molecule has 0 saturated carbocycles. The Bertz CT molecular complexity index is 332. The first-order valence-corrected chi connectivity index (χ1v) is 4.60. The summed E-state index contributed by atoms with van der Waals surface area (Å²) in [7, 11) is 0. The number of hydrogen-bond acceptors (Lipinski definition) is 2. The molecule has 3 nitrogen and oxygen atoms in total. The Labute approximate surface area is 90.9 Å². The molecular weight excluding hydrogens is 227 g/mol. The predicted octanol–water partition coefficient (Wildman–Crippen LogP) is 2.50. The lowest BCUT2D eigenvalue weighted by atomic mass is 10.1. The van der Waals surface area contributed by atoms with Gasteiger partial charge in [-0.15, -0.1) is 0 Å². The van der Waals surface area contributed by atoms with Crippen LogP contribution in [0.4, 0.5) is 0 Å². The standard InChI is InChI=1S/C9H8Cl2O3/c10-6-1-5(2-7(11)3-6)8(12)4-9(13)14/h1-3,8,12H,4H2,(H,13,14). The SMILES string of the molecule is O=C(O)CC(O)c1cc(Cl)cc(Cl)c1. The molecule has 0 heterocycles. The van der Waals surface area contributed by atoms with Gasteiger partial charge in [0.25, 0.3) is 0 Å². The van der Waals surface area contributed by atoms with Crippen molar-refractivity contribution in [2.45, 2.75) is 12.5 Å². The zero-order valence-electron chi connectivity index (χ0n) is 7.08. The van der Waals surface area contributed by atoms with Crippen molar-refractivity contribution in [3.63, 3.8) is 0 Å². The molecule has 0 amide bonds. The summed E-state index contributed by atoms with van der Waals surface area (Å²) in [5.74, 6) is -1.08. The Morgan fingerprint density at radius 3 is 2.21 bits per heavy atom. The first kappa shape index (κ1) is 11.3. The summed E-state index contributed by atoms with van der Waals surface area (Å²) >= 11 is 11.4. The number of carboxylic acids is 1. The van der Waals surface area contributed by atoms with Crippen LogP contribution in [0.15, 0.2) is 18.2 Å². The van der Waals surface area contributed by atoms with Crippen LogP contribution in [-0.4, -0.2) is 16.2 Å². The van der Waals surface area contributed by atoms with Crippen LogP contribution >= 0.6 is 23.2 Å². The number of hydrogen-bond donors (Lipinski definition) is 2. The minimum atomic E-state index is -1.08. The number of aliphatic hydroxyl groups is 1. The van der Waals surface area contributed by atoms with Gasteiger partial charge in [0.15, 0.2) is 0 Å². The smallest absolute Gasteiger partial charge is 0.306 e. The molecule has 1 unspecified atom stereocenters. The number of aliphatic hydroxyl groups excluding tert-OH is 1. The van der Waals surface area contributed by atoms with Crippen LogP contribution in [0, 0.1) is 0 Å². The van der Waals surface area contributed by atoms with Crippen LogP contribution in [-0.2, 0) is 4.79 Å². The molecule has 1 atom stereocenters. The predicted molar refractivity (Wildman–Crippen MR) is 53.7 cm³/mol. The summed E-state index contributed by atoms with van der Waals surface area (Å²) in [6.45, 7) is 0. The van der Waals surface area contributed by atoms with Gasteiger partial charge in [-0.05, 0) is 23.8 Å². The lowest BCUT2D eigenvalue weighted by Gasteiger charge is -2.08. The molecule has 0 spiro atoms. The number of carboxylic acid groups (broad SMARTS) is 1. The molecule has 2 N–H and O–H groups in total. The van der Waals surface area contributed by atoms with E-state index in [0.29, 0.717) is 15.6 Å². The van der Waals surface area contributed by atoms with E-state index in [1.54, 1.807) is 0 Å². The lowest BCUT2D eigenvalue weighted by molar-refractivity contribution is -0.139. The summed E-state index contributed by atoms with van der Waals surface area (Å²) in [5.41, 5.74) is 0.407. The maximum Gasteiger partial charge on any atom is 0.306 e. The van der Waals surface area contributed by atoms with E-state index in [4.69, 9.17) is 28.3 Å². The van der Waals surface area contributed by atoms with E-state index in [9.17, 15) is 9.90 Å². The second-order valence-electron chi connectivity index (χ2n) is 2.82. The summed E-state index contributed by atoms with van der Waals surface area (Å²) < 4.78 is 0. The zero-order chi connectivity index (χ0) is 10.7. The second-order valence-corrected chi connectivity index (χ2v) is 3.69. The van der Waals surface area contributed by atoms with Crippen LogP contribution in [0.3, 0.4) is 0 Å².